The van der Waals surface area contributed by atoms with E-state index in [-0.39, 0.29) is 11.6 Å². The van der Waals surface area contributed by atoms with E-state index in [1.54, 1.807) is 12.1 Å². The van der Waals surface area contributed by atoms with Gasteiger partial charge in [-0.3, -0.25) is 4.40 Å². The molecule has 0 saturated carbocycles. The molecule has 0 aliphatic rings. The molecule has 0 aliphatic carbocycles. The summed E-state index contributed by atoms with van der Waals surface area (Å²) in [6.07, 6.45) is 1.84. The molecule has 0 bridgehead atoms. The summed E-state index contributed by atoms with van der Waals surface area (Å²) in [4.78, 5) is 4.32. The highest BCUT2D eigenvalue weighted by atomic mass is 79.9. The predicted molar refractivity (Wildman–Crippen MR) is 78.9 cm³/mol. The first-order valence-corrected chi connectivity index (χ1v) is 7.16. The van der Waals surface area contributed by atoms with Crippen molar-refractivity contribution >= 4 is 33.2 Å². The van der Waals surface area contributed by atoms with Crippen molar-refractivity contribution in [3.05, 3.63) is 58.6 Å². The molecule has 20 heavy (non-hydrogen) atoms. The summed E-state index contributed by atoms with van der Waals surface area (Å²) in [5.41, 5.74) is 1.38. The van der Waals surface area contributed by atoms with E-state index in [0.29, 0.717) is 17.2 Å². The van der Waals surface area contributed by atoms with E-state index in [2.05, 4.69) is 20.9 Å². The summed E-state index contributed by atoms with van der Waals surface area (Å²) < 4.78 is 21.9. The van der Waals surface area contributed by atoms with Gasteiger partial charge in [-0.2, -0.15) is 4.98 Å². The number of pyridine rings is 1. The lowest BCUT2D eigenvalue weighted by atomic mass is 10.3. The molecule has 1 aromatic carbocycles. The van der Waals surface area contributed by atoms with Crippen molar-refractivity contribution in [1.82, 2.24) is 9.38 Å². The zero-order valence-electron chi connectivity index (χ0n) is 10.2. The normalized spacial score (nSPS) is 10.9. The number of hydrogen-bond donors (Lipinski definition) is 0. The van der Waals surface area contributed by atoms with Crippen LogP contribution in [0.3, 0.4) is 0 Å². The van der Waals surface area contributed by atoms with E-state index in [1.807, 2.05) is 28.8 Å². The van der Waals surface area contributed by atoms with E-state index < -0.39 is 5.82 Å². The molecule has 0 atom stereocenters. The molecular formula is C14H9BrClFN2O. The quantitative estimate of drug-likeness (QED) is 0.633. The Morgan fingerprint density at radius 2 is 2.15 bits per heavy atom. The number of imidazole rings is 1. The third kappa shape index (κ3) is 2.39. The Labute approximate surface area is 128 Å². The maximum Gasteiger partial charge on any atom is 0.242 e. The molecule has 0 N–H and O–H groups in total. The molecule has 2 aromatic heterocycles. The second-order valence-electron chi connectivity index (χ2n) is 4.10. The fourth-order valence-electron chi connectivity index (χ4n) is 1.89. The van der Waals surface area contributed by atoms with Gasteiger partial charge in [-0.25, -0.2) is 4.39 Å². The van der Waals surface area contributed by atoms with Crippen LogP contribution in [0.2, 0.25) is 0 Å². The highest BCUT2D eigenvalue weighted by Gasteiger charge is 2.15. The first-order valence-electron chi connectivity index (χ1n) is 5.84. The molecule has 0 amide bonds. The van der Waals surface area contributed by atoms with E-state index >= 15 is 0 Å². The Hall–Kier alpha value is -1.59. The summed E-state index contributed by atoms with van der Waals surface area (Å²) in [6, 6.07) is 10.1. The number of nitrogens with zero attached hydrogens (tertiary/aromatic N) is 2. The monoisotopic (exact) mass is 354 g/mol. The first kappa shape index (κ1) is 13.4. The maximum atomic E-state index is 13.7. The van der Waals surface area contributed by atoms with Crippen molar-refractivity contribution in [2.45, 2.75) is 5.88 Å². The minimum atomic E-state index is -0.453. The third-order valence-electron chi connectivity index (χ3n) is 2.82. The van der Waals surface area contributed by atoms with Crippen LogP contribution in [0.5, 0.6) is 11.6 Å². The van der Waals surface area contributed by atoms with Gasteiger partial charge >= 0.3 is 0 Å². The van der Waals surface area contributed by atoms with Gasteiger partial charge in [-0.1, -0.05) is 22.0 Å². The first-order chi connectivity index (χ1) is 9.69. The zero-order valence-corrected chi connectivity index (χ0v) is 12.5. The van der Waals surface area contributed by atoms with Crippen molar-refractivity contribution in [3.63, 3.8) is 0 Å². The Bertz CT molecular complexity index is 775. The molecule has 0 aliphatic heterocycles. The standard InChI is InChI=1S/C14H9BrClFN2O/c15-9-4-5-10(17)12(7-9)20-14-11(8-16)19-6-2-1-3-13(19)18-14/h1-7H,8H2. The highest BCUT2D eigenvalue weighted by molar-refractivity contribution is 9.10. The van der Waals surface area contributed by atoms with Crippen molar-refractivity contribution in [2.24, 2.45) is 0 Å². The molecule has 0 unspecified atom stereocenters. The molecule has 3 rings (SSSR count). The van der Waals surface area contributed by atoms with E-state index in [9.17, 15) is 4.39 Å². The number of rotatable bonds is 3. The maximum absolute atomic E-state index is 13.7. The number of benzene rings is 1. The lowest BCUT2D eigenvalue weighted by Gasteiger charge is -2.06. The summed E-state index contributed by atoms with van der Waals surface area (Å²) in [6.45, 7) is 0. The lowest BCUT2D eigenvalue weighted by Crippen LogP contribution is -1.93. The van der Waals surface area contributed by atoms with Gasteiger partial charge < -0.3 is 4.74 Å². The molecule has 3 nitrogen and oxygen atoms in total. The van der Waals surface area contributed by atoms with Crippen LogP contribution in [0.4, 0.5) is 4.39 Å². The van der Waals surface area contributed by atoms with Crippen LogP contribution in [0.15, 0.2) is 47.1 Å². The number of aromatic nitrogens is 2. The SMILES string of the molecule is Fc1ccc(Br)cc1Oc1nc2ccccn2c1CCl. The van der Waals surface area contributed by atoms with Gasteiger partial charge in [-0.15, -0.1) is 11.6 Å². The highest BCUT2D eigenvalue weighted by Crippen LogP contribution is 2.30. The van der Waals surface area contributed by atoms with Crippen molar-refractivity contribution in [1.29, 1.82) is 0 Å². The Morgan fingerprint density at radius 3 is 2.95 bits per heavy atom. The predicted octanol–water partition coefficient (Wildman–Crippen LogP) is 4.77. The molecule has 0 radical (unpaired) electrons. The summed E-state index contributed by atoms with van der Waals surface area (Å²) in [5, 5.41) is 0. The Balaban J connectivity index is 2.08. The molecule has 0 spiro atoms. The van der Waals surface area contributed by atoms with Gasteiger partial charge in [0.2, 0.25) is 5.88 Å². The topological polar surface area (TPSA) is 26.5 Å². The summed E-state index contributed by atoms with van der Waals surface area (Å²) in [7, 11) is 0. The minimum absolute atomic E-state index is 0.106. The fourth-order valence-corrected chi connectivity index (χ4v) is 2.47. The second-order valence-corrected chi connectivity index (χ2v) is 5.29. The summed E-state index contributed by atoms with van der Waals surface area (Å²) >= 11 is 9.23. The zero-order chi connectivity index (χ0) is 14.1. The third-order valence-corrected chi connectivity index (χ3v) is 3.56. The van der Waals surface area contributed by atoms with Crippen molar-refractivity contribution in [2.75, 3.05) is 0 Å². The number of ether oxygens (including phenoxy) is 1. The van der Waals surface area contributed by atoms with Gasteiger partial charge in [0.25, 0.3) is 0 Å². The number of hydrogen-bond acceptors (Lipinski definition) is 2. The molecular weight excluding hydrogens is 347 g/mol. The van der Waals surface area contributed by atoms with Gasteiger partial charge in [0.1, 0.15) is 11.3 Å². The molecule has 3 aromatic rings. The van der Waals surface area contributed by atoms with Crippen LogP contribution >= 0.6 is 27.5 Å². The van der Waals surface area contributed by atoms with E-state index in [1.165, 1.54) is 6.07 Å². The van der Waals surface area contributed by atoms with Gasteiger partial charge in [-0.05, 0) is 30.3 Å². The molecule has 0 fully saturated rings. The van der Waals surface area contributed by atoms with Gasteiger partial charge in [0, 0.05) is 10.7 Å². The van der Waals surface area contributed by atoms with Crippen LogP contribution in [-0.4, -0.2) is 9.38 Å². The molecule has 2 heterocycles. The molecule has 102 valence electrons. The lowest BCUT2D eigenvalue weighted by molar-refractivity contribution is 0.426. The second kappa shape index (κ2) is 5.42. The average molecular weight is 356 g/mol. The summed E-state index contributed by atoms with van der Waals surface area (Å²) in [5.74, 6) is 0.180. The number of halogens is 3. The van der Waals surface area contributed by atoms with Crippen LogP contribution in [0.1, 0.15) is 5.69 Å². The fraction of sp³-hybridized carbons (Fsp3) is 0.0714. The Kier molecular flexibility index (Phi) is 3.63. The minimum Gasteiger partial charge on any atom is -0.434 e. The van der Waals surface area contributed by atoms with Crippen molar-refractivity contribution in [3.8, 4) is 11.6 Å². The molecule has 0 saturated heterocycles. The smallest absolute Gasteiger partial charge is 0.242 e. The van der Waals surface area contributed by atoms with E-state index in [0.717, 1.165) is 4.47 Å². The van der Waals surface area contributed by atoms with Crippen molar-refractivity contribution < 1.29 is 9.13 Å². The van der Waals surface area contributed by atoms with Gasteiger partial charge in [0.15, 0.2) is 11.6 Å². The number of alkyl halides is 1. The van der Waals surface area contributed by atoms with Crippen LogP contribution < -0.4 is 4.74 Å². The Morgan fingerprint density at radius 1 is 1.30 bits per heavy atom. The van der Waals surface area contributed by atoms with Crippen LogP contribution in [-0.2, 0) is 5.88 Å². The van der Waals surface area contributed by atoms with Crippen LogP contribution in [0, 0.1) is 5.82 Å². The molecule has 6 heteroatoms. The largest absolute Gasteiger partial charge is 0.434 e. The number of fused-ring (bicyclic) bond motifs is 1. The van der Waals surface area contributed by atoms with Crippen LogP contribution in [0.25, 0.3) is 5.65 Å². The van der Waals surface area contributed by atoms with E-state index in [4.69, 9.17) is 16.3 Å². The average Bonchev–Trinajstić information content (AvgIpc) is 2.80. The van der Waals surface area contributed by atoms with Gasteiger partial charge in [0.05, 0.1) is 5.88 Å².